The monoisotopic (exact) mass is 863 g/mol. The Morgan fingerprint density at radius 3 is 1.05 bits per heavy atom. The zero-order chi connectivity index (χ0) is 45.1. The van der Waals surface area contributed by atoms with Crippen molar-refractivity contribution in [3.05, 3.63) is 85.1 Å². The van der Waals surface area contributed by atoms with E-state index in [-0.39, 0.29) is 37.5 Å². The molecule has 0 aromatic carbocycles. The number of rotatable bonds is 45. The normalized spacial score (nSPS) is 12.8. The number of carbonyl (C=O) groups excluding carboxylic acids is 3. The van der Waals surface area contributed by atoms with E-state index in [0.29, 0.717) is 19.3 Å². The number of hydrogen-bond acceptors (Lipinski definition) is 6. The lowest BCUT2D eigenvalue weighted by Gasteiger charge is -2.18. The summed E-state index contributed by atoms with van der Waals surface area (Å²) in [5, 5.41) is 0. The van der Waals surface area contributed by atoms with Crippen molar-refractivity contribution in [2.45, 2.75) is 239 Å². The molecule has 0 saturated carbocycles. The number of allylic oxidation sites excluding steroid dienone is 14. The van der Waals surface area contributed by atoms with Gasteiger partial charge in [-0.25, -0.2) is 0 Å². The Bertz CT molecular complexity index is 1220. The van der Waals surface area contributed by atoms with Crippen LogP contribution >= 0.6 is 0 Å². The van der Waals surface area contributed by atoms with Gasteiger partial charge in [0.05, 0.1) is 0 Å². The predicted molar refractivity (Wildman–Crippen MR) is 265 cm³/mol. The van der Waals surface area contributed by atoms with Gasteiger partial charge in [0, 0.05) is 19.3 Å². The minimum Gasteiger partial charge on any atom is -0.462 e. The van der Waals surface area contributed by atoms with Crippen molar-refractivity contribution in [1.82, 2.24) is 0 Å². The van der Waals surface area contributed by atoms with Gasteiger partial charge in [-0.2, -0.15) is 0 Å². The van der Waals surface area contributed by atoms with Crippen molar-refractivity contribution in [1.29, 1.82) is 0 Å². The molecule has 0 aliphatic rings. The third-order valence-electron chi connectivity index (χ3n) is 10.6. The van der Waals surface area contributed by atoms with E-state index >= 15 is 0 Å². The van der Waals surface area contributed by atoms with Crippen molar-refractivity contribution in [3.8, 4) is 0 Å². The summed E-state index contributed by atoms with van der Waals surface area (Å²) in [6, 6.07) is 0. The van der Waals surface area contributed by atoms with Crippen LogP contribution in [0.25, 0.3) is 0 Å². The van der Waals surface area contributed by atoms with Crippen LogP contribution < -0.4 is 0 Å². The van der Waals surface area contributed by atoms with E-state index in [1.54, 1.807) is 0 Å². The quantitative estimate of drug-likeness (QED) is 0.0263. The first-order valence-corrected chi connectivity index (χ1v) is 25.6. The van der Waals surface area contributed by atoms with Gasteiger partial charge in [0.25, 0.3) is 0 Å². The number of esters is 3. The van der Waals surface area contributed by atoms with E-state index < -0.39 is 6.10 Å². The van der Waals surface area contributed by atoms with E-state index in [4.69, 9.17) is 14.2 Å². The topological polar surface area (TPSA) is 78.9 Å². The average Bonchev–Trinajstić information content (AvgIpc) is 3.27. The molecule has 0 amide bonds. The fourth-order valence-electron chi connectivity index (χ4n) is 6.79. The van der Waals surface area contributed by atoms with Crippen molar-refractivity contribution >= 4 is 17.9 Å². The molecule has 0 aromatic heterocycles. The van der Waals surface area contributed by atoms with Crippen LogP contribution in [0.4, 0.5) is 0 Å². The summed E-state index contributed by atoms with van der Waals surface area (Å²) in [7, 11) is 0. The molecule has 6 heteroatoms. The van der Waals surface area contributed by atoms with Crippen molar-refractivity contribution in [3.63, 3.8) is 0 Å². The summed E-state index contributed by atoms with van der Waals surface area (Å²) < 4.78 is 16.7. The van der Waals surface area contributed by atoms with Gasteiger partial charge in [0.2, 0.25) is 0 Å². The van der Waals surface area contributed by atoms with Gasteiger partial charge in [-0.1, -0.05) is 202 Å². The van der Waals surface area contributed by atoms with Crippen molar-refractivity contribution in [2.24, 2.45) is 0 Å². The Labute approximate surface area is 382 Å². The molecule has 0 spiro atoms. The highest BCUT2D eigenvalue weighted by Gasteiger charge is 2.19. The Hall–Kier alpha value is -3.41. The molecule has 0 radical (unpaired) electrons. The summed E-state index contributed by atoms with van der Waals surface area (Å²) >= 11 is 0. The van der Waals surface area contributed by atoms with Gasteiger partial charge in [-0.3, -0.25) is 14.4 Å². The predicted octanol–water partition coefficient (Wildman–Crippen LogP) is 16.8. The second-order valence-corrected chi connectivity index (χ2v) is 16.7. The highest BCUT2D eigenvalue weighted by atomic mass is 16.6. The third-order valence-corrected chi connectivity index (χ3v) is 10.6. The van der Waals surface area contributed by atoms with Crippen LogP contribution in [0.3, 0.4) is 0 Å². The fraction of sp³-hybridized carbons (Fsp3) is 0.696. The van der Waals surface area contributed by atoms with Crippen molar-refractivity contribution in [2.75, 3.05) is 13.2 Å². The summed E-state index contributed by atoms with van der Waals surface area (Å²) in [5.74, 6) is -0.955. The molecule has 6 nitrogen and oxygen atoms in total. The molecule has 0 aromatic rings. The van der Waals surface area contributed by atoms with Crippen LogP contribution in [-0.2, 0) is 28.6 Å². The summed E-state index contributed by atoms with van der Waals surface area (Å²) in [6.07, 6.45) is 64.2. The van der Waals surface area contributed by atoms with Gasteiger partial charge >= 0.3 is 17.9 Å². The van der Waals surface area contributed by atoms with Gasteiger partial charge in [-0.15, -0.1) is 0 Å². The number of unbranched alkanes of at least 4 members (excludes halogenated alkanes) is 20. The summed E-state index contributed by atoms with van der Waals surface area (Å²) in [5.41, 5.74) is 0. The molecule has 354 valence electrons. The van der Waals surface area contributed by atoms with E-state index in [2.05, 4.69) is 106 Å². The smallest absolute Gasteiger partial charge is 0.306 e. The number of carbonyl (C=O) groups is 3. The van der Waals surface area contributed by atoms with Crippen molar-refractivity contribution < 1.29 is 28.6 Å². The van der Waals surface area contributed by atoms with E-state index in [0.717, 1.165) is 96.3 Å². The Morgan fingerprint density at radius 1 is 0.339 bits per heavy atom. The summed E-state index contributed by atoms with van der Waals surface area (Å²) in [4.78, 5) is 37.9. The van der Waals surface area contributed by atoms with Gasteiger partial charge < -0.3 is 14.2 Å². The standard InChI is InChI=1S/C56H94O6/c1-4-7-10-13-16-19-22-24-26-27-28-29-31-32-34-37-40-43-46-49-55(58)61-52-53(51-60-54(57)48-45-42-39-36-21-18-15-12-9-6-3)62-56(59)50-47-44-41-38-35-33-30-25-23-20-17-14-11-8-5-2/h8,11,16-17,19-20,24-26,28-30,35,38,53H,4-7,9-10,12-15,18,21-23,27,31-34,36-37,39-52H2,1-3H3/b11-8-,19-16-,20-17-,26-24-,29-28-,30-25-,38-35-. The summed E-state index contributed by atoms with van der Waals surface area (Å²) in [6.45, 7) is 6.43. The van der Waals surface area contributed by atoms with Crippen LogP contribution in [0.15, 0.2) is 85.1 Å². The van der Waals surface area contributed by atoms with Crippen LogP contribution in [0.2, 0.25) is 0 Å². The lowest BCUT2D eigenvalue weighted by atomic mass is 10.1. The van der Waals surface area contributed by atoms with Gasteiger partial charge in [-0.05, 0) is 96.3 Å². The SMILES string of the molecule is CC/C=C\C/C=C\C/C=C\C/C=C\CCCCC(=O)OC(COC(=O)CCCCCCCC/C=C\C/C=C\C/C=C\CCCCC)COC(=O)CCCCCCCCCCCC. The molecule has 0 aliphatic heterocycles. The van der Waals surface area contributed by atoms with E-state index in [1.165, 1.54) is 89.9 Å². The molecule has 0 heterocycles. The largest absolute Gasteiger partial charge is 0.462 e. The molecule has 62 heavy (non-hydrogen) atoms. The van der Waals surface area contributed by atoms with Crippen LogP contribution in [0.5, 0.6) is 0 Å². The molecule has 0 rings (SSSR count). The molecule has 0 N–H and O–H groups in total. The maximum absolute atomic E-state index is 12.8. The second kappa shape index (κ2) is 50.2. The number of hydrogen-bond donors (Lipinski definition) is 0. The molecule has 1 unspecified atom stereocenters. The van der Waals surface area contributed by atoms with Crippen LogP contribution in [0, 0.1) is 0 Å². The lowest BCUT2D eigenvalue weighted by molar-refractivity contribution is -0.167. The number of ether oxygens (including phenoxy) is 3. The maximum Gasteiger partial charge on any atom is 0.306 e. The van der Waals surface area contributed by atoms with Crippen LogP contribution in [0.1, 0.15) is 233 Å². The molecule has 0 fully saturated rings. The van der Waals surface area contributed by atoms with E-state index in [9.17, 15) is 14.4 Å². The molecule has 1 atom stereocenters. The maximum atomic E-state index is 12.8. The second-order valence-electron chi connectivity index (χ2n) is 16.7. The first-order valence-electron chi connectivity index (χ1n) is 25.6. The molecule has 0 saturated heterocycles. The fourth-order valence-corrected chi connectivity index (χ4v) is 6.79. The zero-order valence-electron chi connectivity index (χ0n) is 40.4. The highest BCUT2D eigenvalue weighted by molar-refractivity contribution is 5.71. The highest BCUT2D eigenvalue weighted by Crippen LogP contribution is 2.14. The Morgan fingerprint density at radius 2 is 0.629 bits per heavy atom. The lowest BCUT2D eigenvalue weighted by Crippen LogP contribution is -2.30. The minimum atomic E-state index is -0.801. The molecular weight excluding hydrogens is 769 g/mol. The van der Waals surface area contributed by atoms with E-state index in [1.807, 2.05) is 0 Å². The Balaban J connectivity index is 4.43. The first kappa shape index (κ1) is 58.6. The van der Waals surface area contributed by atoms with Crippen LogP contribution in [-0.4, -0.2) is 37.2 Å². The van der Waals surface area contributed by atoms with Gasteiger partial charge in [0.15, 0.2) is 6.10 Å². The minimum absolute atomic E-state index is 0.0969. The third kappa shape index (κ3) is 47.6. The molecule has 0 aliphatic carbocycles. The average molecular weight is 863 g/mol. The molecular formula is C56H94O6. The molecule has 0 bridgehead atoms. The first-order chi connectivity index (χ1) is 30.5. The van der Waals surface area contributed by atoms with Gasteiger partial charge in [0.1, 0.15) is 13.2 Å². The Kier molecular flexibility index (Phi) is 47.5. The zero-order valence-corrected chi connectivity index (χ0v) is 40.4.